The quantitative estimate of drug-likeness (QED) is 0.723. The molecule has 2 atom stereocenters. The van der Waals surface area contributed by atoms with Crippen LogP contribution in [-0.2, 0) is 17.8 Å². The van der Waals surface area contributed by atoms with Gasteiger partial charge in [0.15, 0.2) is 0 Å². The van der Waals surface area contributed by atoms with Crippen LogP contribution in [-0.4, -0.2) is 35.1 Å². The number of benzene rings is 2. The van der Waals surface area contributed by atoms with Gasteiger partial charge in [-0.25, -0.2) is 4.79 Å². The van der Waals surface area contributed by atoms with E-state index in [9.17, 15) is 4.79 Å². The Morgan fingerprint density at radius 2 is 1.93 bits per heavy atom. The molecular weight excluding hydrogens is 350 g/mol. The molecule has 0 spiro atoms. The number of amides is 1. The lowest BCUT2D eigenvalue weighted by molar-refractivity contribution is 0.0857. The number of aromatic amines is 1. The van der Waals surface area contributed by atoms with Crippen LogP contribution in [0, 0.1) is 0 Å². The molecule has 5 nitrogen and oxygen atoms in total. The monoisotopic (exact) mass is 375 g/mol. The maximum absolute atomic E-state index is 12.5. The van der Waals surface area contributed by atoms with E-state index in [1.165, 1.54) is 22.2 Å². The molecule has 2 aliphatic heterocycles. The van der Waals surface area contributed by atoms with Crippen LogP contribution in [0.25, 0.3) is 10.9 Å². The van der Waals surface area contributed by atoms with Gasteiger partial charge in [0.05, 0.1) is 12.1 Å². The number of H-pyrrole nitrogens is 1. The van der Waals surface area contributed by atoms with Gasteiger partial charge in [-0.1, -0.05) is 48.5 Å². The fraction of sp³-hybridized carbons (Fsp3) is 0.348. The van der Waals surface area contributed by atoms with Crippen molar-refractivity contribution >= 4 is 17.0 Å². The Morgan fingerprint density at radius 3 is 2.82 bits per heavy atom. The van der Waals surface area contributed by atoms with Crippen molar-refractivity contribution in [3.63, 3.8) is 0 Å². The maximum Gasteiger partial charge on any atom is 0.407 e. The van der Waals surface area contributed by atoms with Crippen molar-refractivity contribution < 1.29 is 9.53 Å². The number of hydrogen-bond donors (Lipinski definition) is 2. The van der Waals surface area contributed by atoms with Crippen LogP contribution in [0.15, 0.2) is 54.6 Å². The second kappa shape index (κ2) is 7.32. The van der Waals surface area contributed by atoms with Crippen molar-refractivity contribution in [2.75, 3.05) is 13.1 Å². The van der Waals surface area contributed by atoms with Crippen molar-refractivity contribution in [2.24, 2.45) is 0 Å². The minimum Gasteiger partial charge on any atom is -0.445 e. The van der Waals surface area contributed by atoms with Crippen LogP contribution in [0.2, 0.25) is 0 Å². The van der Waals surface area contributed by atoms with Crippen molar-refractivity contribution in [3.8, 4) is 0 Å². The molecule has 3 aromatic rings. The number of hydrogen-bond acceptors (Lipinski definition) is 3. The van der Waals surface area contributed by atoms with Gasteiger partial charge in [-0.3, -0.25) is 4.90 Å². The Bertz CT molecular complexity index is 982. The van der Waals surface area contributed by atoms with E-state index >= 15 is 0 Å². The van der Waals surface area contributed by atoms with Crippen LogP contribution in [0.4, 0.5) is 4.79 Å². The number of nitrogens with zero attached hydrogens (tertiary/aromatic N) is 1. The SMILES string of the molecule is O=C(N[C@H]1CCCN2CCc3c([nH]c4ccccc34)[C@H]12)OCc1ccccc1. The minimum atomic E-state index is -0.334. The van der Waals surface area contributed by atoms with E-state index in [0.29, 0.717) is 6.61 Å². The number of nitrogens with one attached hydrogen (secondary N) is 2. The molecular formula is C23H25N3O2. The zero-order valence-corrected chi connectivity index (χ0v) is 15.9. The summed E-state index contributed by atoms with van der Waals surface area (Å²) in [6.45, 7) is 2.42. The molecule has 28 heavy (non-hydrogen) atoms. The highest BCUT2D eigenvalue weighted by Crippen LogP contribution is 2.39. The van der Waals surface area contributed by atoms with E-state index < -0.39 is 0 Å². The Kier molecular flexibility index (Phi) is 4.53. The summed E-state index contributed by atoms with van der Waals surface area (Å²) in [5.41, 5.74) is 4.85. The van der Waals surface area contributed by atoms with E-state index in [2.05, 4.69) is 39.5 Å². The molecule has 2 aliphatic rings. The van der Waals surface area contributed by atoms with Crippen molar-refractivity contribution in [1.29, 1.82) is 0 Å². The second-order valence-corrected chi connectivity index (χ2v) is 7.75. The molecule has 1 amide bonds. The number of aromatic nitrogens is 1. The van der Waals surface area contributed by atoms with E-state index in [-0.39, 0.29) is 18.2 Å². The third kappa shape index (κ3) is 3.16. The number of fused-ring (bicyclic) bond motifs is 5. The Hall–Kier alpha value is -2.79. The van der Waals surface area contributed by atoms with Crippen LogP contribution in [0.1, 0.15) is 35.7 Å². The molecule has 1 fully saturated rings. The molecule has 0 aliphatic carbocycles. The molecule has 3 heterocycles. The third-order valence-corrected chi connectivity index (χ3v) is 6.04. The highest BCUT2D eigenvalue weighted by Gasteiger charge is 2.39. The molecule has 1 saturated heterocycles. The van der Waals surface area contributed by atoms with E-state index in [1.807, 2.05) is 30.3 Å². The summed E-state index contributed by atoms with van der Waals surface area (Å²) in [6.07, 6.45) is 2.78. The maximum atomic E-state index is 12.5. The van der Waals surface area contributed by atoms with E-state index in [0.717, 1.165) is 37.9 Å². The number of alkyl carbamates (subject to hydrolysis) is 1. The summed E-state index contributed by atoms with van der Waals surface area (Å²) >= 11 is 0. The normalized spacial score (nSPS) is 21.7. The smallest absolute Gasteiger partial charge is 0.407 e. The highest BCUT2D eigenvalue weighted by molar-refractivity contribution is 5.85. The largest absolute Gasteiger partial charge is 0.445 e. The molecule has 0 saturated carbocycles. The molecule has 0 radical (unpaired) electrons. The summed E-state index contributed by atoms with van der Waals surface area (Å²) in [6, 6.07) is 18.5. The number of carbonyl (C=O) groups is 1. The first-order chi connectivity index (χ1) is 13.8. The second-order valence-electron chi connectivity index (χ2n) is 7.75. The lowest BCUT2D eigenvalue weighted by Crippen LogP contribution is -2.52. The van der Waals surface area contributed by atoms with Crippen LogP contribution >= 0.6 is 0 Å². The predicted octanol–water partition coefficient (Wildman–Crippen LogP) is 4.16. The summed E-state index contributed by atoms with van der Waals surface area (Å²) < 4.78 is 5.48. The molecule has 0 bridgehead atoms. The lowest BCUT2D eigenvalue weighted by Gasteiger charge is -2.44. The molecule has 5 heteroatoms. The van der Waals surface area contributed by atoms with Gasteiger partial charge in [0.25, 0.3) is 0 Å². The van der Waals surface area contributed by atoms with Crippen LogP contribution in [0.5, 0.6) is 0 Å². The van der Waals surface area contributed by atoms with Gasteiger partial charge in [0.2, 0.25) is 0 Å². The molecule has 0 unspecified atom stereocenters. The molecule has 144 valence electrons. The van der Waals surface area contributed by atoms with Gasteiger partial charge in [0, 0.05) is 23.1 Å². The van der Waals surface area contributed by atoms with Gasteiger partial charge in [-0.15, -0.1) is 0 Å². The predicted molar refractivity (Wildman–Crippen MR) is 109 cm³/mol. The van der Waals surface area contributed by atoms with Crippen LogP contribution in [0.3, 0.4) is 0 Å². The first kappa shape index (κ1) is 17.3. The van der Waals surface area contributed by atoms with E-state index in [1.54, 1.807) is 0 Å². The summed E-state index contributed by atoms with van der Waals surface area (Å²) in [5.74, 6) is 0. The highest BCUT2D eigenvalue weighted by atomic mass is 16.5. The average molecular weight is 375 g/mol. The van der Waals surface area contributed by atoms with Gasteiger partial charge >= 0.3 is 6.09 Å². The molecule has 1 aromatic heterocycles. The third-order valence-electron chi connectivity index (χ3n) is 6.04. The Balaban J connectivity index is 1.35. The van der Waals surface area contributed by atoms with Gasteiger partial charge in [-0.05, 0) is 43.0 Å². The molecule has 2 aromatic carbocycles. The van der Waals surface area contributed by atoms with Crippen molar-refractivity contribution in [2.45, 2.75) is 38.0 Å². The van der Waals surface area contributed by atoms with Crippen molar-refractivity contribution in [3.05, 3.63) is 71.4 Å². The Morgan fingerprint density at radius 1 is 1.11 bits per heavy atom. The van der Waals surface area contributed by atoms with Crippen molar-refractivity contribution in [1.82, 2.24) is 15.2 Å². The minimum absolute atomic E-state index is 0.0594. The fourth-order valence-corrected chi connectivity index (χ4v) is 4.77. The summed E-state index contributed by atoms with van der Waals surface area (Å²) in [4.78, 5) is 18.6. The number of piperidine rings is 1. The number of carbonyl (C=O) groups excluding carboxylic acids is 1. The number of para-hydroxylation sites is 1. The fourth-order valence-electron chi connectivity index (χ4n) is 4.77. The summed E-state index contributed by atoms with van der Waals surface area (Å²) in [5, 5.41) is 4.46. The zero-order valence-electron chi connectivity index (χ0n) is 15.9. The topological polar surface area (TPSA) is 57.4 Å². The first-order valence-corrected chi connectivity index (χ1v) is 10.1. The van der Waals surface area contributed by atoms with Gasteiger partial charge < -0.3 is 15.0 Å². The zero-order chi connectivity index (χ0) is 18.9. The Labute approximate surface area is 164 Å². The molecule has 5 rings (SSSR count). The standard InChI is InChI=1S/C23H25N3O2/c27-23(28-15-16-7-2-1-3-8-16)25-20-11-6-13-26-14-12-18-17-9-4-5-10-19(17)24-21(18)22(20)26/h1-5,7-10,20,22,24H,6,11-15H2,(H,25,27)/t20-,22-/m0/s1. The molecule has 2 N–H and O–H groups in total. The number of ether oxygens (including phenoxy) is 1. The van der Waals surface area contributed by atoms with Crippen LogP contribution < -0.4 is 5.32 Å². The van der Waals surface area contributed by atoms with Gasteiger partial charge in [0.1, 0.15) is 6.61 Å². The van der Waals surface area contributed by atoms with E-state index in [4.69, 9.17) is 4.74 Å². The lowest BCUT2D eigenvalue weighted by atomic mass is 9.87. The van der Waals surface area contributed by atoms with Gasteiger partial charge in [-0.2, -0.15) is 0 Å². The summed E-state index contributed by atoms with van der Waals surface area (Å²) in [7, 11) is 0. The average Bonchev–Trinajstić information content (AvgIpc) is 3.12. The first-order valence-electron chi connectivity index (χ1n) is 10.1. The number of rotatable bonds is 3.